The number of hydrogen-bond donors (Lipinski definition) is 1. The molecule has 1 rings (SSSR count). The zero-order valence-electron chi connectivity index (χ0n) is 11.5. The highest BCUT2D eigenvalue weighted by atomic mass is 15.2. The van der Waals surface area contributed by atoms with Crippen molar-refractivity contribution in [3.63, 3.8) is 0 Å². The van der Waals surface area contributed by atoms with Crippen LogP contribution in [0.3, 0.4) is 0 Å². The van der Waals surface area contributed by atoms with Crippen molar-refractivity contribution in [1.29, 1.82) is 0 Å². The lowest BCUT2D eigenvalue weighted by atomic mass is 9.94. The molecule has 0 radical (unpaired) electrons. The summed E-state index contributed by atoms with van der Waals surface area (Å²) in [5.74, 6) is 0.953. The standard InChI is InChI=1S/C14H30N2/c1-4-9-15-11-14(6-3)16-10-7-8-13(5-2)12-16/h13-15H,4-12H2,1-3H3. The van der Waals surface area contributed by atoms with Crippen molar-refractivity contribution in [1.82, 2.24) is 10.2 Å². The number of nitrogens with one attached hydrogen (secondary N) is 1. The second kappa shape index (κ2) is 8.08. The predicted octanol–water partition coefficient (Wildman–Crippen LogP) is 2.89. The molecule has 1 heterocycles. The van der Waals surface area contributed by atoms with Gasteiger partial charge in [-0.05, 0) is 44.7 Å². The molecule has 0 bridgehead atoms. The van der Waals surface area contributed by atoms with E-state index < -0.39 is 0 Å². The maximum atomic E-state index is 3.57. The van der Waals surface area contributed by atoms with Gasteiger partial charge >= 0.3 is 0 Å². The Hall–Kier alpha value is -0.0800. The van der Waals surface area contributed by atoms with Crippen LogP contribution in [0, 0.1) is 5.92 Å². The van der Waals surface area contributed by atoms with Gasteiger partial charge in [-0.15, -0.1) is 0 Å². The van der Waals surface area contributed by atoms with Crippen molar-refractivity contribution in [3.8, 4) is 0 Å². The van der Waals surface area contributed by atoms with E-state index in [1.807, 2.05) is 0 Å². The highest BCUT2D eigenvalue weighted by Gasteiger charge is 2.23. The molecule has 2 atom stereocenters. The molecule has 2 heteroatoms. The van der Waals surface area contributed by atoms with Crippen molar-refractivity contribution in [2.45, 2.75) is 58.9 Å². The molecule has 96 valence electrons. The molecule has 0 aromatic heterocycles. The first-order chi connectivity index (χ1) is 7.81. The molecular weight excluding hydrogens is 196 g/mol. The van der Waals surface area contributed by atoms with Crippen LogP contribution < -0.4 is 5.32 Å². The van der Waals surface area contributed by atoms with E-state index in [-0.39, 0.29) is 0 Å². The van der Waals surface area contributed by atoms with Crippen LogP contribution in [0.4, 0.5) is 0 Å². The lowest BCUT2D eigenvalue weighted by molar-refractivity contribution is 0.116. The van der Waals surface area contributed by atoms with Crippen LogP contribution in [0.15, 0.2) is 0 Å². The molecule has 0 aromatic carbocycles. The van der Waals surface area contributed by atoms with Gasteiger partial charge < -0.3 is 5.32 Å². The van der Waals surface area contributed by atoms with E-state index in [9.17, 15) is 0 Å². The molecule has 0 spiro atoms. The predicted molar refractivity (Wildman–Crippen MR) is 71.8 cm³/mol. The van der Waals surface area contributed by atoms with Gasteiger partial charge in [-0.2, -0.15) is 0 Å². The normalized spacial score (nSPS) is 24.6. The summed E-state index contributed by atoms with van der Waals surface area (Å²) in [5, 5.41) is 3.57. The summed E-state index contributed by atoms with van der Waals surface area (Å²) >= 11 is 0. The van der Waals surface area contributed by atoms with E-state index in [0.717, 1.165) is 12.0 Å². The van der Waals surface area contributed by atoms with Gasteiger partial charge in [-0.1, -0.05) is 27.2 Å². The SMILES string of the molecule is CCCNCC(CC)N1CCCC(CC)C1. The van der Waals surface area contributed by atoms with E-state index in [1.165, 1.54) is 58.3 Å². The fourth-order valence-electron chi connectivity index (χ4n) is 2.74. The summed E-state index contributed by atoms with van der Waals surface area (Å²) < 4.78 is 0. The second-order valence-corrected chi connectivity index (χ2v) is 5.18. The van der Waals surface area contributed by atoms with Gasteiger partial charge in [0, 0.05) is 19.1 Å². The lowest BCUT2D eigenvalue weighted by Crippen LogP contribution is -2.47. The monoisotopic (exact) mass is 226 g/mol. The molecule has 0 amide bonds. The smallest absolute Gasteiger partial charge is 0.0218 e. The Kier molecular flexibility index (Phi) is 7.06. The molecule has 1 N–H and O–H groups in total. The summed E-state index contributed by atoms with van der Waals surface area (Å²) in [6.07, 6.45) is 6.74. The summed E-state index contributed by atoms with van der Waals surface area (Å²) in [5.41, 5.74) is 0. The van der Waals surface area contributed by atoms with Gasteiger partial charge in [-0.25, -0.2) is 0 Å². The first-order valence-electron chi connectivity index (χ1n) is 7.26. The van der Waals surface area contributed by atoms with E-state index in [1.54, 1.807) is 0 Å². The van der Waals surface area contributed by atoms with Crippen molar-refractivity contribution in [2.24, 2.45) is 5.92 Å². The molecule has 1 saturated heterocycles. The highest BCUT2D eigenvalue weighted by Crippen LogP contribution is 2.21. The molecule has 1 aliphatic rings. The van der Waals surface area contributed by atoms with Crippen LogP contribution in [0.2, 0.25) is 0 Å². The zero-order valence-corrected chi connectivity index (χ0v) is 11.5. The molecule has 1 aliphatic heterocycles. The minimum Gasteiger partial charge on any atom is -0.315 e. The first-order valence-corrected chi connectivity index (χ1v) is 7.26. The lowest BCUT2D eigenvalue weighted by Gasteiger charge is -2.38. The average molecular weight is 226 g/mol. The van der Waals surface area contributed by atoms with Crippen molar-refractivity contribution in [3.05, 3.63) is 0 Å². The molecule has 16 heavy (non-hydrogen) atoms. The van der Waals surface area contributed by atoms with Crippen LogP contribution >= 0.6 is 0 Å². The minimum atomic E-state index is 0.765. The van der Waals surface area contributed by atoms with Crippen LogP contribution in [0.5, 0.6) is 0 Å². The summed E-state index contributed by atoms with van der Waals surface area (Å²) in [4.78, 5) is 2.72. The fraction of sp³-hybridized carbons (Fsp3) is 1.00. The maximum absolute atomic E-state index is 3.57. The third-order valence-electron chi connectivity index (χ3n) is 3.92. The van der Waals surface area contributed by atoms with Gasteiger partial charge in [0.1, 0.15) is 0 Å². The third-order valence-corrected chi connectivity index (χ3v) is 3.92. The second-order valence-electron chi connectivity index (χ2n) is 5.18. The Bertz CT molecular complexity index is 170. The summed E-state index contributed by atoms with van der Waals surface area (Å²) in [6.45, 7) is 11.9. The summed E-state index contributed by atoms with van der Waals surface area (Å²) in [6, 6.07) is 0.765. The highest BCUT2D eigenvalue weighted by molar-refractivity contribution is 4.79. The van der Waals surface area contributed by atoms with E-state index >= 15 is 0 Å². The first kappa shape index (κ1) is 14.0. The molecule has 0 aliphatic carbocycles. The Morgan fingerprint density at radius 2 is 2.12 bits per heavy atom. The van der Waals surface area contributed by atoms with Gasteiger partial charge in [0.05, 0.1) is 0 Å². The van der Waals surface area contributed by atoms with Gasteiger partial charge in [-0.3, -0.25) is 4.90 Å². The topological polar surface area (TPSA) is 15.3 Å². The van der Waals surface area contributed by atoms with Crippen LogP contribution in [0.1, 0.15) is 52.9 Å². The zero-order chi connectivity index (χ0) is 11.8. The molecule has 2 unspecified atom stereocenters. The molecule has 2 nitrogen and oxygen atoms in total. The van der Waals surface area contributed by atoms with Crippen LogP contribution in [-0.4, -0.2) is 37.1 Å². The number of likely N-dealkylation sites (tertiary alicyclic amines) is 1. The average Bonchev–Trinajstić information content (AvgIpc) is 2.35. The van der Waals surface area contributed by atoms with Crippen LogP contribution in [0.25, 0.3) is 0 Å². The number of piperidine rings is 1. The Balaban J connectivity index is 2.32. The number of nitrogens with zero attached hydrogens (tertiary/aromatic N) is 1. The van der Waals surface area contributed by atoms with Crippen LogP contribution in [-0.2, 0) is 0 Å². The molecule has 1 fully saturated rings. The van der Waals surface area contributed by atoms with Crippen molar-refractivity contribution >= 4 is 0 Å². The van der Waals surface area contributed by atoms with Gasteiger partial charge in [0.25, 0.3) is 0 Å². The minimum absolute atomic E-state index is 0.765. The Morgan fingerprint density at radius 3 is 2.75 bits per heavy atom. The Morgan fingerprint density at radius 1 is 1.31 bits per heavy atom. The summed E-state index contributed by atoms with van der Waals surface area (Å²) in [7, 11) is 0. The molecule has 0 saturated carbocycles. The number of hydrogen-bond acceptors (Lipinski definition) is 2. The van der Waals surface area contributed by atoms with Gasteiger partial charge in [0.15, 0.2) is 0 Å². The van der Waals surface area contributed by atoms with Crippen molar-refractivity contribution in [2.75, 3.05) is 26.2 Å². The third kappa shape index (κ3) is 4.42. The van der Waals surface area contributed by atoms with Gasteiger partial charge in [0.2, 0.25) is 0 Å². The fourth-order valence-corrected chi connectivity index (χ4v) is 2.74. The number of rotatable bonds is 7. The Labute approximate surface area is 102 Å². The van der Waals surface area contributed by atoms with E-state index in [2.05, 4.69) is 31.0 Å². The van der Waals surface area contributed by atoms with E-state index in [0.29, 0.717) is 0 Å². The molecule has 0 aromatic rings. The largest absolute Gasteiger partial charge is 0.315 e. The van der Waals surface area contributed by atoms with E-state index in [4.69, 9.17) is 0 Å². The quantitative estimate of drug-likeness (QED) is 0.672. The molecular formula is C14H30N2. The maximum Gasteiger partial charge on any atom is 0.0218 e. The van der Waals surface area contributed by atoms with Crippen molar-refractivity contribution < 1.29 is 0 Å².